The highest BCUT2D eigenvalue weighted by molar-refractivity contribution is 5.98. The number of fused-ring (bicyclic) bond motifs is 1. The van der Waals surface area contributed by atoms with Gasteiger partial charge in [0.1, 0.15) is 17.2 Å². The molecule has 0 unspecified atom stereocenters. The largest absolute Gasteiger partial charge is 0.493 e. The van der Waals surface area contributed by atoms with Gasteiger partial charge in [-0.1, -0.05) is 6.08 Å². The van der Waals surface area contributed by atoms with Gasteiger partial charge in [-0.2, -0.15) is 0 Å². The lowest BCUT2D eigenvalue weighted by atomic mass is 9.96. The molecule has 3 rings (SSSR count). The number of Topliss-reactive ketones (excluding diaryl/α,β-unsaturated/α-hetero) is 1. The van der Waals surface area contributed by atoms with Gasteiger partial charge in [0.05, 0.1) is 26.9 Å². The van der Waals surface area contributed by atoms with Gasteiger partial charge in [-0.25, -0.2) is 4.39 Å². The fourth-order valence-corrected chi connectivity index (χ4v) is 3.13. The summed E-state index contributed by atoms with van der Waals surface area (Å²) in [6.07, 6.45) is 3.71. The molecule has 0 aliphatic carbocycles. The van der Waals surface area contributed by atoms with E-state index in [1.165, 1.54) is 33.5 Å². The molecule has 1 heterocycles. The van der Waals surface area contributed by atoms with Crippen LogP contribution in [-0.4, -0.2) is 32.7 Å². The highest BCUT2D eigenvalue weighted by Crippen LogP contribution is 2.39. The van der Waals surface area contributed by atoms with Crippen molar-refractivity contribution in [1.82, 2.24) is 0 Å². The zero-order valence-corrected chi connectivity index (χ0v) is 16.6. The number of hydrogen-bond donors (Lipinski definition) is 0. The standard InChI is InChI=1S/C22H23FO5/c1-22(2)7-6-14-11-15(16(23)12-18(14)28-22)17(24)8-13-9-19(25-3)21(27-5)20(10-13)26-4/h6-7,9-12H,8H2,1-5H3/i23-1. The highest BCUT2D eigenvalue weighted by atomic mass is 18.2. The van der Waals surface area contributed by atoms with Crippen LogP contribution in [0.1, 0.15) is 35.3 Å². The van der Waals surface area contributed by atoms with Crippen LogP contribution in [0.5, 0.6) is 23.0 Å². The smallest absolute Gasteiger partial charge is 0.203 e. The first kappa shape index (κ1) is 19.7. The summed E-state index contributed by atoms with van der Waals surface area (Å²) in [6.45, 7) is 3.77. The SMILES string of the molecule is COc1cc(CC(=O)c2cc3c(cc2[18F])OC(C)(C)C=C3)cc(OC)c1OC. The van der Waals surface area contributed by atoms with Gasteiger partial charge in [-0.3, -0.25) is 4.79 Å². The van der Waals surface area contributed by atoms with Gasteiger partial charge in [0.2, 0.25) is 5.75 Å². The molecule has 0 spiro atoms. The number of carbonyl (C=O) groups excluding carboxylic acids is 1. The Morgan fingerprint density at radius 1 is 1.04 bits per heavy atom. The van der Waals surface area contributed by atoms with Gasteiger partial charge in [0.15, 0.2) is 17.3 Å². The average Bonchev–Trinajstić information content (AvgIpc) is 2.65. The third-order valence-corrected chi connectivity index (χ3v) is 4.53. The Kier molecular flexibility index (Phi) is 5.31. The van der Waals surface area contributed by atoms with Crippen molar-refractivity contribution in [2.24, 2.45) is 0 Å². The van der Waals surface area contributed by atoms with Gasteiger partial charge in [0.25, 0.3) is 0 Å². The Bertz CT molecular complexity index is 921. The summed E-state index contributed by atoms with van der Waals surface area (Å²) >= 11 is 0. The van der Waals surface area contributed by atoms with Crippen LogP contribution in [0.25, 0.3) is 6.08 Å². The predicted octanol–water partition coefficient (Wildman–Crippen LogP) is 4.46. The van der Waals surface area contributed by atoms with Crippen LogP contribution in [0.15, 0.2) is 30.3 Å². The molecule has 0 N–H and O–H groups in total. The second kappa shape index (κ2) is 7.54. The zero-order valence-electron chi connectivity index (χ0n) is 16.6. The van der Waals surface area contributed by atoms with E-state index in [2.05, 4.69) is 0 Å². The summed E-state index contributed by atoms with van der Waals surface area (Å²) in [5.41, 5.74) is 0.806. The molecule has 0 aromatic heterocycles. The second-order valence-corrected chi connectivity index (χ2v) is 7.04. The van der Waals surface area contributed by atoms with Gasteiger partial charge in [-0.15, -0.1) is 0 Å². The lowest BCUT2D eigenvalue weighted by Crippen LogP contribution is -2.27. The maximum atomic E-state index is 14.6. The lowest BCUT2D eigenvalue weighted by molar-refractivity contribution is 0.0988. The number of carbonyl (C=O) groups is 1. The lowest BCUT2D eigenvalue weighted by Gasteiger charge is -2.28. The van der Waals surface area contributed by atoms with Crippen molar-refractivity contribution in [3.05, 3.63) is 52.8 Å². The zero-order chi connectivity index (χ0) is 20.5. The van der Waals surface area contributed by atoms with Crippen molar-refractivity contribution in [1.29, 1.82) is 0 Å². The molecule has 5 nitrogen and oxygen atoms in total. The number of halogens is 1. The maximum Gasteiger partial charge on any atom is 0.203 e. The molecule has 0 bridgehead atoms. The fraction of sp³-hybridized carbons (Fsp3) is 0.318. The third kappa shape index (κ3) is 3.81. The first-order valence-corrected chi connectivity index (χ1v) is 8.82. The van der Waals surface area contributed by atoms with E-state index in [4.69, 9.17) is 18.9 Å². The third-order valence-electron chi connectivity index (χ3n) is 4.53. The van der Waals surface area contributed by atoms with E-state index in [1.54, 1.807) is 12.1 Å². The molecule has 0 fully saturated rings. The van der Waals surface area contributed by atoms with E-state index < -0.39 is 11.4 Å². The van der Waals surface area contributed by atoms with E-state index in [9.17, 15) is 9.18 Å². The summed E-state index contributed by atoms with van der Waals surface area (Å²) < 4.78 is 36.3. The van der Waals surface area contributed by atoms with Crippen LogP contribution in [0, 0.1) is 5.82 Å². The number of ketones is 1. The summed E-state index contributed by atoms with van der Waals surface area (Å²) in [5.74, 6) is 0.777. The molecule has 1 aliphatic rings. The van der Waals surface area contributed by atoms with Crippen molar-refractivity contribution in [3.8, 4) is 23.0 Å². The Morgan fingerprint density at radius 3 is 2.25 bits per heavy atom. The van der Waals surface area contributed by atoms with Crippen LogP contribution in [0.4, 0.5) is 4.39 Å². The minimum Gasteiger partial charge on any atom is -0.493 e. The van der Waals surface area contributed by atoms with E-state index in [1.807, 2.05) is 26.0 Å². The molecule has 0 amide bonds. The first-order valence-electron chi connectivity index (χ1n) is 8.82. The van der Waals surface area contributed by atoms with Crippen molar-refractivity contribution in [2.75, 3.05) is 21.3 Å². The Balaban J connectivity index is 1.92. The van der Waals surface area contributed by atoms with Crippen molar-refractivity contribution >= 4 is 11.9 Å². The van der Waals surface area contributed by atoms with Crippen LogP contribution in [0.2, 0.25) is 0 Å². The Labute approximate surface area is 163 Å². The van der Waals surface area contributed by atoms with Crippen LogP contribution in [0.3, 0.4) is 0 Å². The molecule has 2 aromatic rings. The minimum absolute atomic E-state index is 0.0114. The van der Waals surface area contributed by atoms with E-state index in [0.29, 0.717) is 34.1 Å². The summed E-state index contributed by atoms with van der Waals surface area (Å²) in [7, 11) is 4.50. The molecule has 0 saturated heterocycles. The van der Waals surface area contributed by atoms with Crippen molar-refractivity contribution in [2.45, 2.75) is 25.9 Å². The van der Waals surface area contributed by atoms with Crippen LogP contribution < -0.4 is 18.9 Å². The van der Waals surface area contributed by atoms with Crippen molar-refractivity contribution < 1.29 is 28.1 Å². The fourth-order valence-electron chi connectivity index (χ4n) is 3.13. The molecule has 1 aliphatic heterocycles. The molecule has 28 heavy (non-hydrogen) atoms. The molecule has 148 valence electrons. The number of hydrogen-bond acceptors (Lipinski definition) is 5. The van der Waals surface area contributed by atoms with Gasteiger partial charge in [0, 0.05) is 18.1 Å². The molecule has 0 atom stereocenters. The summed E-state index contributed by atoms with van der Waals surface area (Å²) in [6, 6.07) is 6.15. The molecular formula is C22H23FO5. The maximum absolute atomic E-state index is 14.6. The Morgan fingerprint density at radius 2 is 1.68 bits per heavy atom. The normalized spacial score (nSPS) is 14.1. The quantitative estimate of drug-likeness (QED) is 0.687. The second-order valence-electron chi connectivity index (χ2n) is 7.04. The summed E-state index contributed by atoms with van der Waals surface area (Å²) in [4.78, 5) is 12.8. The number of methoxy groups -OCH3 is 3. The molecule has 0 radical (unpaired) electrons. The number of ether oxygens (including phenoxy) is 4. The van der Waals surface area contributed by atoms with Gasteiger partial charge < -0.3 is 18.9 Å². The number of rotatable bonds is 6. The predicted molar refractivity (Wildman–Crippen MR) is 104 cm³/mol. The van der Waals surface area contributed by atoms with Gasteiger partial charge in [-0.05, 0) is 43.7 Å². The van der Waals surface area contributed by atoms with Crippen LogP contribution >= 0.6 is 0 Å². The molecule has 2 aromatic carbocycles. The molecular weight excluding hydrogens is 362 g/mol. The topological polar surface area (TPSA) is 54.0 Å². The summed E-state index contributed by atoms with van der Waals surface area (Å²) in [5, 5.41) is 0. The van der Waals surface area contributed by atoms with E-state index >= 15 is 0 Å². The first-order chi connectivity index (χ1) is 13.3. The Hall–Kier alpha value is -3.02. The van der Waals surface area contributed by atoms with E-state index in [0.717, 1.165) is 0 Å². The van der Waals surface area contributed by atoms with Gasteiger partial charge >= 0.3 is 0 Å². The highest BCUT2D eigenvalue weighted by Gasteiger charge is 2.25. The van der Waals surface area contributed by atoms with Crippen molar-refractivity contribution in [3.63, 3.8) is 0 Å². The van der Waals surface area contributed by atoms with Crippen LogP contribution in [-0.2, 0) is 6.42 Å². The average molecular weight is 385 g/mol. The van der Waals surface area contributed by atoms with E-state index in [-0.39, 0.29) is 17.8 Å². The monoisotopic (exact) mass is 385 g/mol. The minimum atomic E-state index is -0.609. The number of benzene rings is 2. The molecule has 0 saturated carbocycles. The molecule has 6 heteroatoms.